The summed E-state index contributed by atoms with van der Waals surface area (Å²) in [6.45, 7) is 6.57. The van der Waals surface area contributed by atoms with Gasteiger partial charge in [0.25, 0.3) is 0 Å². The molecule has 0 aromatic heterocycles. The quantitative estimate of drug-likeness (QED) is 0.822. The number of aryl methyl sites for hydroxylation is 1. The molecule has 1 N–H and O–H groups in total. The van der Waals surface area contributed by atoms with E-state index in [2.05, 4.69) is 62.5 Å². The lowest BCUT2D eigenvalue weighted by molar-refractivity contribution is 0.477. The van der Waals surface area contributed by atoms with Gasteiger partial charge in [-0.25, -0.2) is 0 Å². The summed E-state index contributed by atoms with van der Waals surface area (Å²) >= 11 is 5.91. The fourth-order valence-electron chi connectivity index (χ4n) is 2.50. The van der Waals surface area contributed by atoms with Gasteiger partial charge in [-0.2, -0.15) is 0 Å². The maximum atomic E-state index is 5.91. The lowest BCUT2D eigenvalue weighted by Crippen LogP contribution is -2.30. The fourth-order valence-corrected chi connectivity index (χ4v) is 2.62. The van der Waals surface area contributed by atoms with Gasteiger partial charge in [-0.05, 0) is 50.5 Å². The Morgan fingerprint density at radius 2 is 1.75 bits per heavy atom. The molecule has 2 heteroatoms. The lowest BCUT2D eigenvalue weighted by Gasteiger charge is -2.21. The summed E-state index contributed by atoms with van der Waals surface area (Å²) in [6.07, 6.45) is 1.01. The van der Waals surface area contributed by atoms with Gasteiger partial charge in [-0.3, -0.25) is 0 Å². The van der Waals surface area contributed by atoms with Gasteiger partial charge >= 0.3 is 0 Å². The number of nitrogens with one attached hydrogen (secondary N) is 1. The average Bonchev–Trinajstić information content (AvgIpc) is 2.41. The largest absolute Gasteiger partial charge is 0.307 e. The molecule has 1 unspecified atom stereocenters. The van der Waals surface area contributed by atoms with Crippen LogP contribution in [0, 0.1) is 6.92 Å². The molecule has 0 aliphatic carbocycles. The lowest BCUT2D eigenvalue weighted by atomic mass is 10.0. The third-order valence-corrected chi connectivity index (χ3v) is 3.78. The Morgan fingerprint density at radius 1 is 1.05 bits per heavy atom. The highest BCUT2D eigenvalue weighted by molar-refractivity contribution is 6.30. The molecular formula is C18H22ClN. The molecular weight excluding hydrogens is 266 g/mol. The van der Waals surface area contributed by atoms with Crippen molar-refractivity contribution >= 4 is 11.6 Å². The van der Waals surface area contributed by atoms with Crippen molar-refractivity contribution in [2.45, 2.75) is 39.3 Å². The second kappa shape index (κ2) is 6.92. The van der Waals surface area contributed by atoms with E-state index in [1.54, 1.807) is 0 Å². The number of benzene rings is 2. The first-order chi connectivity index (χ1) is 9.54. The van der Waals surface area contributed by atoms with Gasteiger partial charge in [0.1, 0.15) is 0 Å². The van der Waals surface area contributed by atoms with E-state index >= 15 is 0 Å². The summed E-state index contributed by atoms with van der Waals surface area (Å²) < 4.78 is 0. The van der Waals surface area contributed by atoms with Gasteiger partial charge in [0.2, 0.25) is 0 Å². The Labute approximate surface area is 127 Å². The molecule has 106 valence electrons. The van der Waals surface area contributed by atoms with Gasteiger partial charge in [0.05, 0.1) is 0 Å². The Bertz CT molecular complexity index is 548. The Hall–Kier alpha value is -1.31. The summed E-state index contributed by atoms with van der Waals surface area (Å²) in [5.41, 5.74) is 3.96. The van der Waals surface area contributed by atoms with Crippen LogP contribution in [0.25, 0.3) is 0 Å². The molecule has 0 aliphatic heterocycles. The minimum atomic E-state index is 0.359. The van der Waals surface area contributed by atoms with Crippen molar-refractivity contribution in [3.63, 3.8) is 0 Å². The van der Waals surface area contributed by atoms with Crippen LogP contribution in [0.5, 0.6) is 0 Å². The van der Waals surface area contributed by atoms with E-state index in [0.717, 1.165) is 11.4 Å². The predicted molar refractivity (Wildman–Crippen MR) is 87.3 cm³/mol. The molecule has 0 amide bonds. The summed E-state index contributed by atoms with van der Waals surface area (Å²) in [5.74, 6) is 0. The second-order valence-corrected chi connectivity index (χ2v) is 5.97. The summed E-state index contributed by atoms with van der Waals surface area (Å²) in [4.78, 5) is 0. The first-order valence-electron chi connectivity index (χ1n) is 7.11. The van der Waals surface area contributed by atoms with Crippen molar-refractivity contribution in [2.75, 3.05) is 0 Å². The van der Waals surface area contributed by atoms with Gasteiger partial charge < -0.3 is 5.32 Å². The van der Waals surface area contributed by atoms with Gasteiger partial charge in [-0.1, -0.05) is 53.6 Å². The number of hydrogen-bond acceptors (Lipinski definition) is 1. The molecule has 20 heavy (non-hydrogen) atoms. The van der Waals surface area contributed by atoms with Crippen LogP contribution < -0.4 is 5.32 Å². The molecule has 0 aliphatic rings. The molecule has 2 atom stereocenters. The van der Waals surface area contributed by atoms with Crippen LogP contribution in [0.15, 0.2) is 48.5 Å². The van der Waals surface area contributed by atoms with Gasteiger partial charge in [-0.15, -0.1) is 0 Å². The molecule has 0 saturated heterocycles. The summed E-state index contributed by atoms with van der Waals surface area (Å²) in [6, 6.07) is 17.5. The molecule has 0 radical (unpaired) electrons. The van der Waals surface area contributed by atoms with E-state index < -0.39 is 0 Å². The van der Waals surface area contributed by atoms with E-state index in [1.807, 2.05) is 12.1 Å². The third-order valence-electron chi connectivity index (χ3n) is 3.53. The number of rotatable bonds is 5. The minimum Gasteiger partial charge on any atom is -0.307 e. The van der Waals surface area contributed by atoms with E-state index in [0.29, 0.717) is 12.1 Å². The van der Waals surface area contributed by atoms with E-state index in [4.69, 9.17) is 11.6 Å². The Balaban J connectivity index is 1.93. The second-order valence-electron chi connectivity index (χ2n) is 5.53. The average molecular weight is 288 g/mol. The maximum Gasteiger partial charge on any atom is 0.0406 e. The van der Waals surface area contributed by atoms with Crippen molar-refractivity contribution in [3.8, 4) is 0 Å². The highest BCUT2D eigenvalue weighted by Crippen LogP contribution is 2.16. The molecule has 2 rings (SSSR count). The minimum absolute atomic E-state index is 0.359. The highest BCUT2D eigenvalue weighted by Gasteiger charge is 2.10. The maximum absolute atomic E-state index is 5.91. The first kappa shape index (κ1) is 15.1. The van der Waals surface area contributed by atoms with Gasteiger partial charge in [0.15, 0.2) is 0 Å². The number of hydrogen-bond donors (Lipinski definition) is 1. The molecule has 1 nitrogen and oxygen atoms in total. The van der Waals surface area contributed by atoms with Crippen LogP contribution in [0.1, 0.15) is 36.6 Å². The van der Waals surface area contributed by atoms with Crippen LogP contribution in [-0.4, -0.2) is 6.04 Å². The normalized spacial score (nSPS) is 14.0. The van der Waals surface area contributed by atoms with Crippen molar-refractivity contribution in [1.82, 2.24) is 5.32 Å². The van der Waals surface area contributed by atoms with Crippen LogP contribution in [0.4, 0.5) is 0 Å². The summed E-state index contributed by atoms with van der Waals surface area (Å²) in [5, 5.41) is 4.45. The van der Waals surface area contributed by atoms with Gasteiger partial charge in [0, 0.05) is 17.1 Å². The zero-order valence-electron chi connectivity index (χ0n) is 12.4. The van der Waals surface area contributed by atoms with Crippen molar-refractivity contribution in [1.29, 1.82) is 0 Å². The number of halogens is 1. The van der Waals surface area contributed by atoms with Crippen molar-refractivity contribution < 1.29 is 0 Å². The monoisotopic (exact) mass is 287 g/mol. The molecule has 0 bridgehead atoms. The Kier molecular flexibility index (Phi) is 5.22. The first-order valence-corrected chi connectivity index (χ1v) is 7.49. The molecule has 2 aromatic carbocycles. The standard InChI is InChI=1S/C18H22ClN/c1-13-5-4-6-17(11-13)15(3)20-14(2)12-16-7-9-18(19)10-8-16/h4-11,14-15,20H,12H2,1-3H3/t14?,15-/m1/s1. The predicted octanol–water partition coefficient (Wildman–Crippen LogP) is 4.93. The smallest absolute Gasteiger partial charge is 0.0406 e. The van der Waals surface area contributed by atoms with E-state index in [9.17, 15) is 0 Å². The van der Waals surface area contributed by atoms with Crippen LogP contribution >= 0.6 is 11.6 Å². The Morgan fingerprint density at radius 3 is 2.40 bits per heavy atom. The van der Waals surface area contributed by atoms with Crippen LogP contribution in [0.2, 0.25) is 5.02 Å². The van der Waals surface area contributed by atoms with Crippen molar-refractivity contribution in [2.24, 2.45) is 0 Å². The molecule has 0 saturated carbocycles. The topological polar surface area (TPSA) is 12.0 Å². The van der Waals surface area contributed by atoms with Crippen molar-refractivity contribution in [3.05, 3.63) is 70.2 Å². The van der Waals surface area contributed by atoms with E-state index in [-0.39, 0.29) is 0 Å². The zero-order chi connectivity index (χ0) is 14.5. The molecule has 0 fully saturated rings. The van der Waals surface area contributed by atoms with Crippen LogP contribution in [0.3, 0.4) is 0 Å². The third kappa shape index (κ3) is 4.36. The molecule has 2 aromatic rings. The molecule has 0 spiro atoms. The zero-order valence-corrected chi connectivity index (χ0v) is 13.1. The molecule has 0 heterocycles. The SMILES string of the molecule is Cc1cccc([C@@H](C)NC(C)Cc2ccc(Cl)cc2)c1. The van der Waals surface area contributed by atoms with Crippen LogP contribution in [-0.2, 0) is 6.42 Å². The van der Waals surface area contributed by atoms with E-state index in [1.165, 1.54) is 16.7 Å². The summed E-state index contributed by atoms with van der Waals surface area (Å²) in [7, 11) is 0. The fraction of sp³-hybridized carbons (Fsp3) is 0.333. The highest BCUT2D eigenvalue weighted by atomic mass is 35.5.